The zero-order valence-corrected chi connectivity index (χ0v) is 11.0. The van der Waals surface area contributed by atoms with E-state index in [1.54, 1.807) is 14.2 Å². The van der Waals surface area contributed by atoms with Crippen LogP contribution in [0, 0.1) is 0 Å². The largest absolute Gasteiger partial charge is 0.495 e. The first kappa shape index (κ1) is 11.7. The molecule has 2 rings (SSSR count). The van der Waals surface area contributed by atoms with Gasteiger partial charge < -0.3 is 14.2 Å². The quantitative estimate of drug-likeness (QED) is 0.853. The van der Waals surface area contributed by atoms with Crippen molar-refractivity contribution in [2.45, 2.75) is 18.9 Å². The van der Waals surface area contributed by atoms with E-state index < -0.39 is 0 Å². The average molecular weight is 287 g/mol. The van der Waals surface area contributed by atoms with Gasteiger partial charge in [0.2, 0.25) is 0 Å². The molecule has 1 atom stereocenters. The van der Waals surface area contributed by atoms with Crippen LogP contribution < -0.4 is 9.47 Å². The van der Waals surface area contributed by atoms with Crippen LogP contribution in [0.2, 0.25) is 0 Å². The Morgan fingerprint density at radius 2 is 1.88 bits per heavy atom. The molecule has 0 amide bonds. The molecule has 1 aliphatic heterocycles. The highest BCUT2D eigenvalue weighted by Crippen LogP contribution is 2.40. The lowest BCUT2D eigenvalue weighted by atomic mass is 10.1. The van der Waals surface area contributed by atoms with Gasteiger partial charge in [0.15, 0.2) is 0 Å². The zero-order valence-electron chi connectivity index (χ0n) is 9.46. The van der Waals surface area contributed by atoms with Crippen LogP contribution in [0.4, 0.5) is 0 Å². The Bertz CT molecular complexity index is 348. The minimum absolute atomic E-state index is 0.177. The number of benzene rings is 1. The molecule has 0 unspecified atom stereocenters. The van der Waals surface area contributed by atoms with E-state index in [4.69, 9.17) is 14.2 Å². The van der Waals surface area contributed by atoms with Gasteiger partial charge in [-0.25, -0.2) is 0 Å². The van der Waals surface area contributed by atoms with Crippen molar-refractivity contribution in [1.29, 1.82) is 0 Å². The monoisotopic (exact) mass is 286 g/mol. The average Bonchev–Trinajstić information content (AvgIpc) is 2.83. The van der Waals surface area contributed by atoms with E-state index in [9.17, 15) is 0 Å². The summed E-state index contributed by atoms with van der Waals surface area (Å²) in [4.78, 5) is 0. The second-order valence-corrected chi connectivity index (χ2v) is 4.53. The maximum absolute atomic E-state index is 5.65. The molecular weight excluding hydrogens is 272 g/mol. The second kappa shape index (κ2) is 5.06. The molecule has 1 aliphatic rings. The molecule has 0 aromatic heterocycles. The fourth-order valence-electron chi connectivity index (χ4n) is 1.92. The lowest BCUT2D eigenvalue weighted by Crippen LogP contribution is -1.99. The summed E-state index contributed by atoms with van der Waals surface area (Å²) in [6.45, 7) is 0.839. The first-order valence-electron chi connectivity index (χ1n) is 5.29. The van der Waals surface area contributed by atoms with Gasteiger partial charge in [-0.3, -0.25) is 0 Å². The number of halogens is 1. The summed E-state index contributed by atoms with van der Waals surface area (Å²) in [6.07, 6.45) is 2.36. The van der Waals surface area contributed by atoms with E-state index in [1.165, 1.54) is 0 Å². The predicted octanol–water partition coefficient (Wildman–Crippen LogP) is 3.32. The highest BCUT2D eigenvalue weighted by molar-refractivity contribution is 9.10. The second-order valence-electron chi connectivity index (χ2n) is 3.74. The van der Waals surface area contributed by atoms with Crippen LogP contribution in [0.1, 0.15) is 24.5 Å². The van der Waals surface area contributed by atoms with Crippen LogP contribution in [-0.4, -0.2) is 20.8 Å². The highest BCUT2D eigenvalue weighted by Gasteiger charge is 2.20. The Labute approximate surface area is 104 Å². The number of rotatable bonds is 3. The summed E-state index contributed by atoms with van der Waals surface area (Å²) in [5.74, 6) is 1.56. The lowest BCUT2D eigenvalue weighted by Gasteiger charge is -2.15. The standard InChI is InChI=1S/C12H15BrO3/c1-14-10-6-8(9-4-3-5-16-9)7-11(15-2)12(10)13/h6-7,9H,3-5H2,1-2H3/t9-/m0/s1. The molecule has 4 heteroatoms. The molecule has 0 radical (unpaired) electrons. The van der Waals surface area contributed by atoms with Gasteiger partial charge in [-0.1, -0.05) is 0 Å². The van der Waals surface area contributed by atoms with E-state index in [0.717, 1.165) is 41.0 Å². The van der Waals surface area contributed by atoms with Crippen molar-refractivity contribution >= 4 is 15.9 Å². The Morgan fingerprint density at radius 3 is 2.31 bits per heavy atom. The van der Waals surface area contributed by atoms with E-state index >= 15 is 0 Å². The molecule has 1 fully saturated rings. The van der Waals surface area contributed by atoms with E-state index in [1.807, 2.05) is 12.1 Å². The molecule has 1 heterocycles. The smallest absolute Gasteiger partial charge is 0.137 e. The molecule has 88 valence electrons. The molecule has 16 heavy (non-hydrogen) atoms. The Kier molecular flexibility index (Phi) is 3.71. The summed E-state index contributed by atoms with van der Waals surface area (Å²) in [7, 11) is 3.30. The van der Waals surface area contributed by atoms with E-state index in [2.05, 4.69) is 15.9 Å². The van der Waals surface area contributed by atoms with Gasteiger partial charge in [0.05, 0.1) is 20.3 Å². The molecule has 0 saturated carbocycles. The normalized spacial score (nSPS) is 19.8. The van der Waals surface area contributed by atoms with Crippen molar-refractivity contribution < 1.29 is 14.2 Å². The third-order valence-corrected chi connectivity index (χ3v) is 3.55. The Morgan fingerprint density at radius 1 is 1.25 bits per heavy atom. The van der Waals surface area contributed by atoms with Crippen molar-refractivity contribution in [2.24, 2.45) is 0 Å². The third-order valence-electron chi connectivity index (χ3n) is 2.77. The highest BCUT2D eigenvalue weighted by atomic mass is 79.9. The van der Waals surface area contributed by atoms with E-state index in [-0.39, 0.29) is 6.10 Å². The van der Waals surface area contributed by atoms with Crippen LogP contribution in [0.25, 0.3) is 0 Å². The molecule has 1 saturated heterocycles. The molecule has 0 N–H and O–H groups in total. The van der Waals surface area contributed by atoms with Crippen molar-refractivity contribution in [1.82, 2.24) is 0 Å². The maximum Gasteiger partial charge on any atom is 0.137 e. The Balaban J connectivity index is 2.37. The number of methoxy groups -OCH3 is 2. The van der Waals surface area contributed by atoms with Crippen molar-refractivity contribution in [2.75, 3.05) is 20.8 Å². The van der Waals surface area contributed by atoms with Crippen LogP contribution in [0.15, 0.2) is 16.6 Å². The molecule has 1 aromatic carbocycles. The number of hydrogen-bond donors (Lipinski definition) is 0. The van der Waals surface area contributed by atoms with Gasteiger partial charge in [0, 0.05) is 6.61 Å². The lowest BCUT2D eigenvalue weighted by molar-refractivity contribution is 0.111. The molecule has 0 aliphatic carbocycles. The number of ether oxygens (including phenoxy) is 3. The van der Waals surface area contributed by atoms with Crippen molar-refractivity contribution in [3.63, 3.8) is 0 Å². The zero-order chi connectivity index (χ0) is 11.5. The van der Waals surface area contributed by atoms with E-state index in [0.29, 0.717) is 0 Å². The summed E-state index contributed by atoms with van der Waals surface area (Å²) < 4.78 is 17.1. The van der Waals surface area contributed by atoms with Gasteiger partial charge in [0.1, 0.15) is 16.0 Å². The van der Waals surface area contributed by atoms with Crippen molar-refractivity contribution in [3.8, 4) is 11.5 Å². The van der Waals surface area contributed by atoms with Gasteiger partial charge in [0.25, 0.3) is 0 Å². The van der Waals surface area contributed by atoms with Crippen LogP contribution in [0.5, 0.6) is 11.5 Å². The summed E-state index contributed by atoms with van der Waals surface area (Å²) >= 11 is 3.45. The van der Waals surface area contributed by atoms with Crippen LogP contribution in [0.3, 0.4) is 0 Å². The van der Waals surface area contributed by atoms with Crippen LogP contribution in [-0.2, 0) is 4.74 Å². The van der Waals surface area contributed by atoms with Gasteiger partial charge in [-0.2, -0.15) is 0 Å². The summed E-state index contributed by atoms with van der Waals surface area (Å²) in [5.41, 5.74) is 1.12. The molecule has 0 bridgehead atoms. The number of hydrogen-bond acceptors (Lipinski definition) is 3. The first-order chi connectivity index (χ1) is 7.76. The van der Waals surface area contributed by atoms with Gasteiger partial charge in [-0.05, 0) is 46.5 Å². The SMILES string of the molecule is COc1cc([C@@H]2CCCO2)cc(OC)c1Br. The topological polar surface area (TPSA) is 27.7 Å². The van der Waals surface area contributed by atoms with Gasteiger partial charge >= 0.3 is 0 Å². The summed E-state index contributed by atoms with van der Waals surface area (Å²) in [6, 6.07) is 4.01. The fourth-order valence-corrected chi connectivity index (χ4v) is 2.47. The predicted molar refractivity (Wildman–Crippen MR) is 65.2 cm³/mol. The minimum Gasteiger partial charge on any atom is -0.495 e. The molecule has 3 nitrogen and oxygen atoms in total. The molecular formula is C12H15BrO3. The van der Waals surface area contributed by atoms with Crippen LogP contribution >= 0.6 is 15.9 Å². The Hall–Kier alpha value is -0.740. The fraction of sp³-hybridized carbons (Fsp3) is 0.500. The first-order valence-corrected chi connectivity index (χ1v) is 6.08. The van der Waals surface area contributed by atoms with Gasteiger partial charge in [-0.15, -0.1) is 0 Å². The third kappa shape index (κ3) is 2.18. The molecule has 0 spiro atoms. The maximum atomic E-state index is 5.65. The minimum atomic E-state index is 0.177. The summed E-state index contributed by atoms with van der Waals surface area (Å²) in [5, 5.41) is 0. The van der Waals surface area contributed by atoms with Crippen molar-refractivity contribution in [3.05, 3.63) is 22.2 Å². The molecule has 1 aromatic rings.